The van der Waals surface area contributed by atoms with E-state index in [0.717, 1.165) is 38.3 Å². The quantitative estimate of drug-likeness (QED) is 0.478. The van der Waals surface area contributed by atoms with Crippen LogP contribution in [0.25, 0.3) is 44.2 Å². The molecule has 0 saturated heterocycles. The molecular formula is C20H16FN5OS. The fourth-order valence-electron chi connectivity index (χ4n) is 3.30. The molecule has 0 radical (unpaired) electrons. The van der Waals surface area contributed by atoms with Gasteiger partial charge < -0.3 is 14.3 Å². The van der Waals surface area contributed by atoms with Crippen LogP contribution in [0.1, 0.15) is 0 Å². The first-order chi connectivity index (χ1) is 13.7. The number of fused-ring (bicyclic) bond motifs is 2. The lowest BCUT2D eigenvalue weighted by atomic mass is 10.2. The number of hydrogen-bond donors (Lipinski definition) is 1. The van der Waals surface area contributed by atoms with Gasteiger partial charge in [0.1, 0.15) is 17.3 Å². The Bertz CT molecular complexity index is 1290. The van der Waals surface area contributed by atoms with E-state index in [0.29, 0.717) is 19.0 Å². The van der Waals surface area contributed by atoms with Crippen LogP contribution in [0, 0.1) is 5.82 Å². The molecule has 2 aromatic carbocycles. The van der Waals surface area contributed by atoms with Crippen molar-refractivity contribution in [3.8, 4) is 22.9 Å². The Morgan fingerprint density at radius 3 is 2.96 bits per heavy atom. The largest absolute Gasteiger partial charge is 0.383 e. The summed E-state index contributed by atoms with van der Waals surface area (Å²) < 4.78 is 22.1. The molecule has 1 N–H and O–H groups in total. The number of H-pyrrole nitrogens is 1. The number of rotatable bonds is 5. The third-order valence-corrected chi connectivity index (χ3v) is 5.46. The summed E-state index contributed by atoms with van der Waals surface area (Å²) >= 11 is 1.61. The van der Waals surface area contributed by atoms with E-state index in [1.165, 1.54) is 12.1 Å². The minimum Gasteiger partial charge on any atom is -0.383 e. The maximum absolute atomic E-state index is 13.8. The number of aromatic amines is 1. The van der Waals surface area contributed by atoms with Crippen LogP contribution in [0.4, 0.5) is 4.39 Å². The summed E-state index contributed by atoms with van der Waals surface area (Å²) in [4.78, 5) is 16.9. The summed E-state index contributed by atoms with van der Waals surface area (Å²) in [6.45, 7) is 1.06. The zero-order valence-electron chi connectivity index (χ0n) is 15.0. The average molecular weight is 393 g/mol. The lowest BCUT2D eigenvalue weighted by molar-refractivity contribution is 0.188. The number of benzene rings is 2. The first kappa shape index (κ1) is 17.0. The van der Waals surface area contributed by atoms with Crippen molar-refractivity contribution in [3.05, 3.63) is 53.9 Å². The smallest absolute Gasteiger partial charge is 0.159 e. The van der Waals surface area contributed by atoms with Gasteiger partial charge in [-0.1, -0.05) is 0 Å². The van der Waals surface area contributed by atoms with Crippen molar-refractivity contribution in [1.82, 2.24) is 24.5 Å². The highest BCUT2D eigenvalue weighted by molar-refractivity contribution is 7.16. The molecule has 5 rings (SSSR count). The standard InChI is InChI=1S/C20H16FN5OS/c1-27-7-6-26-17-9-13(21)3-4-14(17)25-20(26)16-10-22-19(24-16)12-2-5-18-15(8-12)23-11-28-18/h2-5,8-11H,6-7H2,1H3,(H,22,24). The van der Waals surface area contributed by atoms with Crippen LogP contribution < -0.4 is 0 Å². The maximum atomic E-state index is 13.8. The van der Waals surface area contributed by atoms with Gasteiger partial charge in [0.15, 0.2) is 5.82 Å². The van der Waals surface area contributed by atoms with Gasteiger partial charge >= 0.3 is 0 Å². The minimum absolute atomic E-state index is 0.292. The maximum Gasteiger partial charge on any atom is 0.159 e. The molecule has 0 saturated carbocycles. The predicted molar refractivity (Wildman–Crippen MR) is 108 cm³/mol. The number of hydrogen-bond acceptors (Lipinski definition) is 5. The zero-order chi connectivity index (χ0) is 19.1. The second-order valence-corrected chi connectivity index (χ2v) is 7.28. The number of aromatic nitrogens is 5. The zero-order valence-corrected chi connectivity index (χ0v) is 15.8. The summed E-state index contributed by atoms with van der Waals surface area (Å²) in [6, 6.07) is 10.7. The Labute approximate surface area is 163 Å². The van der Waals surface area contributed by atoms with Gasteiger partial charge in [0.2, 0.25) is 0 Å². The molecule has 6 nitrogen and oxygen atoms in total. The van der Waals surface area contributed by atoms with Gasteiger partial charge in [-0.2, -0.15) is 0 Å². The number of imidazole rings is 2. The molecule has 0 unspecified atom stereocenters. The van der Waals surface area contributed by atoms with Gasteiger partial charge in [-0.15, -0.1) is 11.3 Å². The number of nitrogens with one attached hydrogen (secondary N) is 1. The Balaban J connectivity index is 1.60. The summed E-state index contributed by atoms with van der Waals surface area (Å²) in [5.74, 6) is 1.15. The number of thiazole rings is 1. The molecule has 28 heavy (non-hydrogen) atoms. The van der Waals surface area contributed by atoms with Crippen LogP contribution in [0.15, 0.2) is 48.1 Å². The molecule has 8 heteroatoms. The molecule has 0 aliphatic heterocycles. The SMILES string of the molecule is COCCn1c(-c2cnc(-c3ccc4scnc4c3)[nH]2)nc2ccc(F)cc21. The number of methoxy groups -OCH3 is 1. The van der Waals surface area contributed by atoms with Crippen LogP contribution in [0.5, 0.6) is 0 Å². The van der Waals surface area contributed by atoms with Gasteiger partial charge in [-0.3, -0.25) is 0 Å². The van der Waals surface area contributed by atoms with E-state index in [4.69, 9.17) is 4.74 Å². The van der Waals surface area contributed by atoms with Crippen LogP contribution in [-0.2, 0) is 11.3 Å². The van der Waals surface area contributed by atoms with Gasteiger partial charge in [0, 0.05) is 19.2 Å². The monoisotopic (exact) mass is 393 g/mol. The number of nitrogens with zero attached hydrogens (tertiary/aromatic N) is 4. The van der Waals surface area contributed by atoms with Crippen molar-refractivity contribution >= 4 is 32.6 Å². The molecule has 0 amide bonds. The van der Waals surface area contributed by atoms with E-state index in [1.54, 1.807) is 30.7 Å². The Kier molecular flexibility index (Phi) is 4.14. The average Bonchev–Trinajstić information content (AvgIpc) is 3.43. The molecular weight excluding hydrogens is 377 g/mol. The van der Waals surface area contributed by atoms with E-state index in [-0.39, 0.29) is 5.82 Å². The normalized spacial score (nSPS) is 11.6. The minimum atomic E-state index is -0.292. The number of ether oxygens (including phenoxy) is 1. The molecule has 3 heterocycles. The fourth-order valence-corrected chi connectivity index (χ4v) is 3.96. The lowest BCUT2D eigenvalue weighted by Crippen LogP contribution is -2.06. The van der Waals surface area contributed by atoms with E-state index in [2.05, 4.69) is 19.9 Å². The molecule has 0 atom stereocenters. The predicted octanol–water partition coefficient (Wildman–Crippen LogP) is 4.49. The Morgan fingerprint density at radius 2 is 2.07 bits per heavy atom. The summed E-state index contributed by atoms with van der Waals surface area (Å²) in [5.41, 5.74) is 5.96. The number of halogens is 1. The highest BCUT2D eigenvalue weighted by atomic mass is 32.1. The molecule has 0 spiro atoms. The van der Waals surface area contributed by atoms with E-state index < -0.39 is 0 Å². The second kappa shape index (κ2) is 6.81. The summed E-state index contributed by atoms with van der Waals surface area (Å²) in [5, 5.41) is 0. The highest BCUT2D eigenvalue weighted by Crippen LogP contribution is 2.28. The topological polar surface area (TPSA) is 68.6 Å². The molecule has 0 aliphatic rings. The van der Waals surface area contributed by atoms with Crippen LogP contribution in [-0.4, -0.2) is 38.2 Å². The van der Waals surface area contributed by atoms with Crippen LogP contribution in [0.2, 0.25) is 0 Å². The highest BCUT2D eigenvalue weighted by Gasteiger charge is 2.16. The van der Waals surface area contributed by atoms with Crippen molar-refractivity contribution in [2.45, 2.75) is 6.54 Å². The van der Waals surface area contributed by atoms with Crippen molar-refractivity contribution in [3.63, 3.8) is 0 Å². The third-order valence-electron chi connectivity index (χ3n) is 4.65. The molecule has 3 aromatic heterocycles. The van der Waals surface area contributed by atoms with Crippen molar-refractivity contribution < 1.29 is 9.13 Å². The second-order valence-electron chi connectivity index (χ2n) is 6.39. The molecule has 0 bridgehead atoms. The van der Waals surface area contributed by atoms with E-state index in [9.17, 15) is 4.39 Å². The van der Waals surface area contributed by atoms with Gasteiger partial charge in [-0.25, -0.2) is 19.3 Å². The molecule has 0 fully saturated rings. The Morgan fingerprint density at radius 1 is 1.14 bits per heavy atom. The summed E-state index contributed by atoms with van der Waals surface area (Å²) in [6.07, 6.45) is 1.75. The first-order valence-electron chi connectivity index (χ1n) is 8.76. The Hall–Kier alpha value is -3.10. The van der Waals surface area contributed by atoms with Gasteiger partial charge in [-0.05, 0) is 36.4 Å². The molecule has 5 aromatic rings. The van der Waals surface area contributed by atoms with E-state index >= 15 is 0 Å². The van der Waals surface area contributed by atoms with Gasteiger partial charge in [0.25, 0.3) is 0 Å². The van der Waals surface area contributed by atoms with Crippen molar-refractivity contribution in [2.24, 2.45) is 0 Å². The van der Waals surface area contributed by atoms with Crippen molar-refractivity contribution in [2.75, 3.05) is 13.7 Å². The lowest BCUT2D eigenvalue weighted by Gasteiger charge is -2.07. The summed E-state index contributed by atoms with van der Waals surface area (Å²) in [7, 11) is 1.64. The fraction of sp³-hybridized carbons (Fsp3) is 0.150. The molecule has 0 aliphatic carbocycles. The van der Waals surface area contributed by atoms with E-state index in [1.807, 2.05) is 28.3 Å². The first-order valence-corrected chi connectivity index (χ1v) is 9.64. The van der Waals surface area contributed by atoms with Gasteiger partial charge in [0.05, 0.1) is 39.6 Å². The van der Waals surface area contributed by atoms with Crippen LogP contribution >= 0.6 is 11.3 Å². The van der Waals surface area contributed by atoms with Crippen LogP contribution in [0.3, 0.4) is 0 Å². The third kappa shape index (κ3) is 2.87. The van der Waals surface area contributed by atoms with Crippen molar-refractivity contribution in [1.29, 1.82) is 0 Å². The molecule has 140 valence electrons.